The van der Waals surface area contributed by atoms with Crippen molar-refractivity contribution in [3.05, 3.63) is 53.6 Å². The molecule has 21 heavy (non-hydrogen) atoms. The number of halogens is 3. The highest BCUT2D eigenvalue weighted by molar-refractivity contribution is 6.52. The normalized spacial score (nSPS) is 14.0. The Balaban J connectivity index is 2.27. The van der Waals surface area contributed by atoms with Crippen molar-refractivity contribution in [1.29, 1.82) is 0 Å². The molecular weight excluding hydrogens is 283 g/mol. The van der Waals surface area contributed by atoms with E-state index in [0.29, 0.717) is 5.56 Å². The summed E-state index contributed by atoms with van der Waals surface area (Å²) in [4.78, 5) is 23.0. The molecule has 6 heteroatoms. The maximum atomic E-state index is 13.1. The molecule has 0 fully saturated rings. The number of alkyl halides is 3. The summed E-state index contributed by atoms with van der Waals surface area (Å²) in [6.45, 7) is 0. The summed E-state index contributed by atoms with van der Waals surface area (Å²) in [6, 6.07) is 10.6. The largest absolute Gasteiger partial charge is 0.418 e. The molecule has 0 aliphatic carbocycles. The van der Waals surface area contributed by atoms with E-state index in [0.717, 1.165) is 6.07 Å². The Morgan fingerprint density at radius 3 is 2.19 bits per heavy atom. The molecule has 0 atom stereocenters. The average molecular weight is 291 g/mol. The van der Waals surface area contributed by atoms with E-state index < -0.39 is 29.1 Å². The molecule has 0 saturated carbocycles. The van der Waals surface area contributed by atoms with Gasteiger partial charge in [0.05, 0.1) is 16.8 Å². The zero-order valence-corrected chi connectivity index (χ0v) is 10.5. The zero-order chi connectivity index (χ0) is 15.2. The Bertz CT molecular complexity index is 752. The van der Waals surface area contributed by atoms with E-state index >= 15 is 0 Å². The van der Waals surface area contributed by atoms with Gasteiger partial charge < -0.3 is 5.32 Å². The summed E-state index contributed by atoms with van der Waals surface area (Å²) < 4.78 is 39.4. The highest BCUT2D eigenvalue weighted by Gasteiger charge is 2.40. The van der Waals surface area contributed by atoms with Crippen molar-refractivity contribution in [2.45, 2.75) is 6.18 Å². The second-order valence-corrected chi connectivity index (χ2v) is 4.59. The van der Waals surface area contributed by atoms with Gasteiger partial charge in [0.25, 0.3) is 11.7 Å². The first-order valence-electron chi connectivity index (χ1n) is 6.04. The van der Waals surface area contributed by atoms with Crippen LogP contribution in [0.15, 0.2) is 42.5 Å². The van der Waals surface area contributed by atoms with Gasteiger partial charge in [-0.25, -0.2) is 0 Å². The molecule has 3 nitrogen and oxygen atoms in total. The van der Waals surface area contributed by atoms with E-state index in [2.05, 4.69) is 0 Å². The number of carbonyl (C=O) groups excluding carboxylic acids is 2. The molecule has 1 N–H and O–H groups in total. The van der Waals surface area contributed by atoms with Gasteiger partial charge >= 0.3 is 6.18 Å². The minimum absolute atomic E-state index is 0.242. The fraction of sp³-hybridized carbons (Fsp3) is 0.0667. The lowest BCUT2D eigenvalue weighted by molar-refractivity contribution is -0.136. The Hall–Kier alpha value is -2.63. The molecule has 2 aromatic rings. The molecule has 0 aromatic heterocycles. The highest BCUT2D eigenvalue weighted by Crippen LogP contribution is 2.41. The first-order valence-corrected chi connectivity index (χ1v) is 6.04. The minimum atomic E-state index is -4.66. The third-order valence-electron chi connectivity index (χ3n) is 3.24. The van der Waals surface area contributed by atoms with Crippen molar-refractivity contribution in [3.8, 4) is 11.1 Å². The molecule has 1 heterocycles. The number of hydrogen-bond donors (Lipinski definition) is 1. The van der Waals surface area contributed by atoms with Gasteiger partial charge in [0, 0.05) is 0 Å². The molecule has 1 aliphatic rings. The number of anilines is 1. The molecule has 0 spiro atoms. The van der Waals surface area contributed by atoms with Gasteiger partial charge in [0.2, 0.25) is 0 Å². The molecule has 0 radical (unpaired) electrons. The van der Waals surface area contributed by atoms with Crippen LogP contribution in [-0.2, 0) is 11.0 Å². The number of carbonyl (C=O) groups is 2. The second kappa shape index (κ2) is 4.44. The molecule has 0 unspecified atom stereocenters. The number of nitrogens with one attached hydrogen (secondary N) is 1. The van der Waals surface area contributed by atoms with Gasteiger partial charge in [-0.2, -0.15) is 13.2 Å². The molecular formula is C15H8F3NO2. The topological polar surface area (TPSA) is 46.2 Å². The van der Waals surface area contributed by atoms with Crippen LogP contribution < -0.4 is 5.32 Å². The van der Waals surface area contributed by atoms with Crippen molar-refractivity contribution in [2.75, 3.05) is 5.32 Å². The van der Waals surface area contributed by atoms with Crippen LogP contribution in [0.2, 0.25) is 0 Å². The van der Waals surface area contributed by atoms with Crippen molar-refractivity contribution in [1.82, 2.24) is 0 Å². The SMILES string of the molecule is O=C1Nc2c(cc(-c3ccccc3)cc2C(F)(F)F)C1=O. The number of amides is 1. The van der Waals surface area contributed by atoms with E-state index in [1.165, 1.54) is 6.07 Å². The third-order valence-corrected chi connectivity index (χ3v) is 3.24. The predicted molar refractivity (Wildman–Crippen MR) is 69.8 cm³/mol. The van der Waals surface area contributed by atoms with Crippen LogP contribution in [-0.4, -0.2) is 11.7 Å². The van der Waals surface area contributed by atoms with Crippen molar-refractivity contribution < 1.29 is 22.8 Å². The lowest BCUT2D eigenvalue weighted by Crippen LogP contribution is -2.13. The van der Waals surface area contributed by atoms with Crippen LogP contribution in [0.4, 0.5) is 18.9 Å². The van der Waals surface area contributed by atoms with E-state index in [4.69, 9.17) is 0 Å². The maximum absolute atomic E-state index is 13.1. The summed E-state index contributed by atoms with van der Waals surface area (Å²) >= 11 is 0. The smallest absolute Gasteiger partial charge is 0.318 e. The average Bonchev–Trinajstić information content (AvgIpc) is 2.73. The van der Waals surface area contributed by atoms with Crippen molar-refractivity contribution in [3.63, 3.8) is 0 Å². The molecule has 3 rings (SSSR count). The highest BCUT2D eigenvalue weighted by atomic mass is 19.4. The molecule has 2 aromatic carbocycles. The fourth-order valence-corrected chi connectivity index (χ4v) is 2.27. The Morgan fingerprint density at radius 2 is 1.57 bits per heavy atom. The van der Waals surface area contributed by atoms with E-state index in [1.807, 2.05) is 5.32 Å². The van der Waals surface area contributed by atoms with Crippen LogP contribution in [0.25, 0.3) is 11.1 Å². The number of fused-ring (bicyclic) bond motifs is 1. The lowest BCUT2D eigenvalue weighted by atomic mass is 9.97. The maximum Gasteiger partial charge on any atom is 0.418 e. The van der Waals surface area contributed by atoms with Gasteiger partial charge in [-0.15, -0.1) is 0 Å². The van der Waals surface area contributed by atoms with Gasteiger partial charge in [0.15, 0.2) is 0 Å². The lowest BCUT2D eigenvalue weighted by Gasteiger charge is -2.13. The second-order valence-electron chi connectivity index (χ2n) is 4.59. The number of ketones is 1. The monoisotopic (exact) mass is 291 g/mol. The van der Waals surface area contributed by atoms with Crippen molar-refractivity contribution >= 4 is 17.4 Å². The summed E-state index contributed by atoms with van der Waals surface area (Å²) in [5.41, 5.74) is -0.937. The summed E-state index contributed by atoms with van der Waals surface area (Å²) in [6.07, 6.45) is -4.66. The van der Waals surface area contributed by atoms with E-state index in [1.54, 1.807) is 30.3 Å². The van der Waals surface area contributed by atoms with Gasteiger partial charge in [-0.05, 0) is 23.3 Å². The van der Waals surface area contributed by atoms with Crippen LogP contribution in [0.5, 0.6) is 0 Å². The minimum Gasteiger partial charge on any atom is -0.318 e. The van der Waals surface area contributed by atoms with Crippen LogP contribution in [0.3, 0.4) is 0 Å². The van der Waals surface area contributed by atoms with Gasteiger partial charge in [-0.1, -0.05) is 30.3 Å². The quantitative estimate of drug-likeness (QED) is 0.817. The first kappa shape index (κ1) is 13.4. The van der Waals surface area contributed by atoms with Crippen LogP contribution in [0.1, 0.15) is 15.9 Å². The summed E-state index contributed by atoms with van der Waals surface area (Å²) in [5, 5.41) is 1.99. The fourth-order valence-electron chi connectivity index (χ4n) is 2.27. The van der Waals surface area contributed by atoms with Crippen LogP contribution >= 0.6 is 0 Å². The van der Waals surface area contributed by atoms with Crippen LogP contribution in [0, 0.1) is 0 Å². The predicted octanol–water partition coefficient (Wildman–Crippen LogP) is 3.51. The first-order chi connectivity index (χ1) is 9.88. The Morgan fingerprint density at radius 1 is 0.905 bits per heavy atom. The number of benzene rings is 2. The van der Waals surface area contributed by atoms with Gasteiger partial charge in [-0.3, -0.25) is 9.59 Å². The molecule has 106 valence electrons. The standard InChI is InChI=1S/C15H8F3NO2/c16-15(17,18)11-7-9(8-4-2-1-3-5-8)6-10-12(11)19-14(21)13(10)20/h1-7H,(H,19,20,21). The van der Waals surface area contributed by atoms with E-state index in [9.17, 15) is 22.8 Å². The third kappa shape index (κ3) is 2.18. The molecule has 1 amide bonds. The molecule has 0 bridgehead atoms. The van der Waals surface area contributed by atoms with Crippen molar-refractivity contribution in [2.24, 2.45) is 0 Å². The molecule has 1 aliphatic heterocycles. The Kier molecular flexibility index (Phi) is 2.83. The Labute approximate surface area is 117 Å². The van der Waals surface area contributed by atoms with E-state index in [-0.39, 0.29) is 11.1 Å². The summed E-state index contributed by atoms with van der Waals surface area (Å²) in [7, 11) is 0. The zero-order valence-electron chi connectivity index (χ0n) is 10.5. The molecule has 0 saturated heterocycles. The number of Topliss-reactive ketones (excluding diaryl/α,β-unsaturated/α-hetero) is 1. The number of rotatable bonds is 1. The van der Waals surface area contributed by atoms with Gasteiger partial charge in [0.1, 0.15) is 0 Å². The number of hydrogen-bond acceptors (Lipinski definition) is 2. The summed E-state index contributed by atoms with van der Waals surface area (Å²) in [5.74, 6) is -1.99.